The molecule has 0 aromatic heterocycles. The first-order valence-corrected chi connectivity index (χ1v) is 8.82. The molecule has 0 saturated carbocycles. The standard InChI is InChI=1S/C21H25NO5/c1-14(2)16-4-8-18(9-5-16)26-12-20(23)22-15(3)17-6-10-19(11-7-17)27-13-21(24)25/h4-11,14-15H,12-13H2,1-3H3,(H,22,23)(H,24,25). The van der Waals surface area contributed by atoms with Crippen LogP contribution in [0.3, 0.4) is 0 Å². The van der Waals surface area contributed by atoms with Gasteiger partial charge in [0.25, 0.3) is 5.91 Å². The van der Waals surface area contributed by atoms with Gasteiger partial charge in [0.05, 0.1) is 6.04 Å². The van der Waals surface area contributed by atoms with Gasteiger partial charge in [-0.05, 0) is 48.2 Å². The fraction of sp³-hybridized carbons (Fsp3) is 0.333. The van der Waals surface area contributed by atoms with Gasteiger partial charge in [0.15, 0.2) is 13.2 Å². The number of aliphatic carboxylic acids is 1. The van der Waals surface area contributed by atoms with Crippen LogP contribution in [0, 0.1) is 0 Å². The lowest BCUT2D eigenvalue weighted by Crippen LogP contribution is -2.31. The van der Waals surface area contributed by atoms with Crippen molar-refractivity contribution in [2.75, 3.05) is 13.2 Å². The fourth-order valence-corrected chi connectivity index (χ4v) is 2.46. The molecule has 0 bridgehead atoms. The molecule has 6 heteroatoms. The van der Waals surface area contributed by atoms with Gasteiger partial charge in [0.1, 0.15) is 11.5 Å². The summed E-state index contributed by atoms with van der Waals surface area (Å²) in [4.78, 5) is 22.6. The lowest BCUT2D eigenvalue weighted by Gasteiger charge is -2.15. The van der Waals surface area contributed by atoms with Crippen LogP contribution in [0.15, 0.2) is 48.5 Å². The Morgan fingerprint density at radius 3 is 1.81 bits per heavy atom. The summed E-state index contributed by atoms with van der Waals surface area (Å²) in [6, 6.07) is 14.4. The molecule has 2 rings (SSSR count). The van der Waals surface area contributed by atoms with Crippen LogP contribution in [0.2, 0.25) is 0 Å². The number of ether oxygens (including phenoxy) is 2. The molecule has 0 aliphatic heterocycles. The van der Waals surface area contributed by atoms with E-state index >= 15 is 0 Å². The van der Waals surface area contributed by atoms with Crippen LogP contribution in [-0.2, 0) is 9.59 Å². The zero-order chi connectivity index (χ0) is 19.8. The molecule has 0 fully saturated rings. The monoisotopic (exact) mass is 371 g/mol. The number of carbonyl (C=O) groups is 2. The van der Waals surface area contributed by atoms with Gasteiger partial charge in [-0.25, -0.2) is 4.79 Å². The number of amides is 1. The highest BCUT2D eigenvalue weighted by Gasteiger charge is 2.11. The topological polar surface area (TPSA) is 84.9 Å². The van der Waals surface area contributed by atoms with Crippen molar-refractivity contribution in [1.29, 1.82) is 0 Å². The highest BCUT2D eigenvalue weighted by molar-refractivity contribution is 5.78. The molecule has 0 spiro atoms. The van der Waals surface area contributed by atoms with Crippen LogP contribution in [0.4, 0.5) is 0 Å². The molecule has 1 amide bonds. The van der Waals surface area contributed by atoms with E-state index in [4.69, 9.17) is 14.6 Å². The van der Waals surface area contributed by atoms with Crippen LogP contribution < -0.4 is 14.8 Å². The lowest BCUT2D eigenvalue weighted by molar-refractivity contribution is -0.139. The number of nitrogens with one attached hydrogen (secondary N) is 1. The van der Waals surface area contributed by atoms with E-state index in [0.717, 1.165) is 5.56 Å². The SMILES string of the molecule is CC(C)c1ccc(OCC(=O)NC(C)c2ccc(OCC(=O)O)cc2)cc1. The molecular weight excluding hydrogens is 346 g/mol. The molecule has 2 aromatic rings. The van der Waals surface area contributed by atoms with Crippen molar-refractivity contribution in [3.63, 3.8) is 0 Å². The van der Waals surface area contributed by atoms with Crippen LogP contribution >= 0.6 is 0 Å². The fourth-order valence-electron chi connectivity index (χ4n) is 2.46. The first kappa shape index (κ1) is 20.3. The number of benzene rings is 2. The van der Waals surface area contributed by atoms with Crippen molar-refractivity contribution in [3.8, 4) is 11.5 Å². The quantitative estimate of drug-likeness (QED) is 0.704. The number of carboxylic acids is 1. The summed E-state index contributed by atoms with van der Waals surface area (Å²) in [6.07, 6.45) is 0. The van der Waals surface area contributed by atoms with Gasteiger partial charge in [-0.3, -0.25) is 4.79 Å². The summed E-state index contributed by atoms with van der Waals surface area (Å²) < 4.78 is 10.6. The second kappa shape index (κ2) is 9.62. The van der Waals surface area contributed by atoms with E-state index < -0.39 is 5.97 Å². The highest BCUT2D eigenvalue weighted by Crippen LogP contribution is 2.19. The van der Waals surface area contributed by atoms with Crippen molar-refractivity contribution in [2.24, 2.45) is 0 Å². The van der Waals surface area contributed by atoms with Crippen molar-refractivity contribution in [1.82, 2.24) is 5.32 Å². The second-order valence-corrected chi connectivity index (χ2v) is 6.55. The van der Waals surface area contributed by atoms with E-state index in [0.29, 0.717) is 17.4 Å². The molecular formula is C21H25NO5. The van der Waals surface area contributed by atoms with Gasteiger partial charge in [-0.2, -0.15) is 0 Å². The van der Waals surface area contributed by atoms with E-state index in [1.165, 1.54) is 5.56 Å². The molecule has 0 heterocycles. The third kappa shape index (κ3) is 6.66. The summed E-state index contributed by atoms with van der Waals surface area (Å²) in [6.45, 7) is 5.65. The Kier molecular flexibility index (Phi) is 7.23. The molecule has 1 unspecified atom stereocenters. The van der Waals surface area contributed by atoms with Crippen LogP contribution in [0.1, 0.15) is 43.9 Å². The Balaban J connectivity index is 1.81. The molecule has 0 aliphatic rings. The summed E-state index contributed by atoms with van der Waals surface area (Å²) >= 11 is 0. The van der Waals surface area contributed by atoms with Crippen molar-refractivity contribution < 1.29 is 24.2 Å². The Bertz CT molecular complexity index is 753. The van der Waals surface area contributed by atoms with Crippen LogP contribution in [0.25, 0.3) is 0 Å². The number of carbonyl (C=O) groups excluding carboxylic acids is 1. The minimum Gasteiger partial charge on any atom is -0.484 e. The minimum absolute atomic E-state index is 0.0643. The Morgan fingerprint density at radius 1 is 0.852 bits per heavy atom. The van der Waals surface area contributed by atoms with Gasteiger partial charge in [0.2, 0.25) is 0 Å². The third-order valence-corrected chi connectivity index (χ3v) is 4.04. The first-order valence-electron chi connectivity index (χ1n) is 8.82. The van der Waals surface area contributed by atoms with E-state index in [1.54, 1.807) is 24.3 Å². The predicted octanol–water partition coefficient (Wildman–Crippen LogP) is 3.53. The zero-order valence-electron chi connectivity index (χ0n) is 15.8. The van der Waals surface area contributed by atoms with Gasteiger partial charge in [0, 0.05) is 0 Å². The maximum atomic E-state index is 12.1. The average molecular weight is 371 g/mol. The van der Waals surface area contributed by atoms with Crippen molar-refractivity contribution >= 4 is 11.9 Å². The predicted molar refractivity (Wildman–Crippen MR) is 102 cm³/mol. The normalized spacial score (nSPS) is 11.7. The largest absolute Gasteiger partial charge is 0.484 e. The van der Waals surface area contributed by atoms with E-state index in [-0.39, 0.29) is 25.2 Å². The summed E-state index contributed by atoms with van der Waals surface area (Å²) in [5.74, 6) is 0.319. The van der Waals surface area contributed by atoms with E-state index in [1.807, 2.05) is 31.2 Å². The number of hydrogen-bond acceptors (Lipinski definition) is 4. The highest BCUT2D eigenvalue weighted by atomic mass is 16.5. The maximum Gasteiger partial charge on any atom is 0.341 e. The molecule has 0 aliphatic carbocycles. The number of carboxylic acid groups (broad SMARTS) is 1. The van der Waals surface area contributed by atoms with Crippen molar-refractivity contribution in [2.45, 2.75) is 32.7 Å². The average Bonchev–Trinajstić information content (AvgIpc) is 2.65. The molecule has 27 heavy (non-hydrogen) atoms. The third-order valence-electron chi connectivity index (χ3n) is 4.04. The Labute approximate surface area is 159 Å². The van der Waals surface area contributed by atoms with Crippen molar-refractivity contribution in [3.05, 3.63) is 59.7 Å². The summed E-state index contributed by atoms with van der Waals surface area (Å²) in [5.41, 5.74) is 2.10. The first-order chi connectivity index (χ1) is 12.8. The molecule has 0 radical (unpaired) electrons. The lowest BCUT2D eigenvalue weighted by atomic mass is 10.0. The minimum atomic E-state index is -1.03. The second-order valence-electron chi connectivity index (χ2n) is 6.55. The molecule has 0 saturated heterocycles. The van der Waals surface area contributed by atoms with Gasteiger partial charge in [-0.1, -0.05) is 38.1 Å². The summed E-state index contributed by atoms with van der Waals surface area (Å²) in [5, 5.41) is 11.5. The Hall–Kier alpha value is -3.02. The number of rotatable bonds is 9. The molecule has 1 atom stereocenters. The van der Waals surface area contributed by atoms with Gasteiger partial charge >= 0.3 is 5.97 Å². The molecule has 144 valence electrons. The molecule has 2 aromatic carbocycles. The van der Waals surface area contributed by atoms with E-state index in [9.17, 15) is 9.59 Å². The van der Waals surface area contributed by atoms with Gasteiger partial charge in [-0.15, -0.1) is 0 Å². The number of hydrogen-bond donors (Lipinski definition) is 2. The van der Waals surface area contributed by atoms with Gasteiger partial charge < -0.3 is 19.9 Å². The molecule has 2 N–H and O–H groups in total. The van der Waals surface area contributed by atoms with Crippen LogP contribution in [-0.4, -0.2) is 30.2 Å². The maximum absolute atomic E-state index is 12.1. The Morgan fingerprint density at radius 2 is 1.33 bits per heavy atom. The van der Waals surface area contributed by atoms with E-state index in [2.05, 4.69) is 19.2 Å². The van der Waals surface area contributed by atoms with Crippen LogP contribution in [0.5, 0.6) is 11.5 Å². The molecule has 6 nitrogen and oxygen atoms in total. The smallest absolute Gasteiger partial charge is 0.341 e. The zero-order valence-corrected chi connectivity index (χ0v) is 15.8. The summed E-state index contributed by atoms with van der Waals surface area (Å²) in [7, 11) is 0.